The topological polar surface area (TPSA) is 91.8 Å². The molecule has 7 heteroatoms. The predicted octanol–water partition coefficient (Wildman–Crippen LogP) is 2.39. The van der Waals surface area contributed by atoms with Crippen molar-refractivity contribution >= 4 is 23.4 Å². The Morgan fingerprint density at radius 1 is 0.808 bits per heavy atom. The average molecular weight is 348 g/mol. The summed E-state index contributed by atoms with van der Waals surface area (Å²) in [6.45, 7) is 1.09. The molecule has 3 rings (SSSR count). The van der Waals surface area contributed by atoms with Gasteiger partial charge in [-0.3, -0.25) is 4.79 Å². The average Bonchev–Trinajstić information content (AvgIpc) is 2.68. The summed E-state index contributed by atoms with van der Waals surface area (Å²) < 4.78 is 0. The number of aromatic nitrogens is 3. The van der Waals surface area contributed by atoms with Gasteiger partial charge in [-0.15, -0.1) is 10.2 Å². The second-order valence-electron chi connectivity index (χ2n) is 5.58. The molecule has 26 heavy (non-hydrogen) atoms. The Morgan fingerprint density at radius 2 is 1.58 bits per heavy atom. The molecule has 1 aromatic carbocycles. The van der Waals surface area contributed by atoms with E-state index in [1.165, 1.54) is 0 Å². The van der Waals surface area contributed by atoms with Gasteiger partial charge in [0.2, 0.25) is 5.91 Å². The summed E-state index contributed by atoms with van der Waals surface area (Å²) in [4.78, 5) is 16.0. The smallest absolute Gasteiger partial charge is 0.224 e. The van der Waals surface area contributed by atoms with Crippen molar-refractivity contribution in [1.29, 1.82) is 0 Å². The maximum Gasteiger partial charge on any atom is 0.224 e. The molecule has 3 N–H and O–H groups in total. The van der Waals surface area contributed by atoms with Gasteiger partial charge < -0.3 is 16.0 Å². The molecule has 0 radical (unpaired) electrons. The molecule has 7 nitrogen and oxygen atoms in total. The second-order valence-corrected chi connectivity index (χ2v) is 5.58. The summed E-state index contributed by atoms with van der Waals surface area (Å²) in [6, 6.07) is 18.9. The summed E-state index contributed by atoms with van der Waals surface area (Å²) in [6.07, 6.45) is 2.09. The Labute approximate surface area is 151 Å². The van der Waals surface area contributed by atoms with Gasteiger partial charge in [0.1, 0.15) is 11.6 Å². The number of anilines is 3. The van der Waals surface area contributed by atoms with Crippen LogP contribution in [0.1, 0.15) is 5.56 Å². The first-order valence-electron chi connectivity index (χ1n) is 8.36. The van der Waals surface area contributed by atoms with E-state index < -0.39 is 0 Å². The van der Waals surface area contributed by atoms with E-state index in [1.54, 1.807) is 6.20 Å². The van der Waals surface area contributed by atoms with Crippen LogP contribution in [0.2, 0.25) is 0 Å². The summed E-state index contributed by atoms with van der Waals surface area (Å²) in [5.74, 6) is 1.97. The van der Waals surface area contributed by atoms with Gasteiger partial charge in [-0.05, 0) is 29.8 Å². The first-order chi connectivity index (χ1) is 12.8. The number of carbonyl (C=O) groups is 1. The van der Waals surface area contributed by atoms with E-state index in [1.807, 2.05) is 60.7 Å². The van der Waals surface area contributed by atoms with Crippen molar-refractivity contribution in [3.63, 3.8) is 0 Å². The zero-order valence-electron chi connectivity index (χ0n) is 14.2. The highest BCUT2D eigenvalue weighted by molar-refractivity contribution is 5.78. The SMILES string of the molecule is O=C(Cc1ccccc1)NCCNc1ccc(Nc2ccccn2)nn1. The van der Waals surface area contributed by atoms with E-state index in [2.05, 4.69) is 31.1 Å². The molecule has 0 saturated carbocycles. The maximum atomic E-state index is 11.9. The number of nitrogens with one attached hydrogen (secondary N) is 3. The molecule has 0 fully saturated rings. The van der Waals surface area contributed by atoms with E-state index in [9.17, 15) is 4.79 Å². The predicted molar refractivity (Wildman–Crippen MR) is 101 cm³/mol. The van der Waals surface area contributed by atoms with Gasteiger partial charge in [0.25, 0.3) is 0 Å². The van der Waals surface area contributed by atoms with Gasteiger partial charge in [-0.1, -0.05) is 36.4 Å². The normalized spacial score (nSPS) is 10.2. The molecule has 0 saturated heterocycles. The molecule has 3 aromatic rings. The molecule has 0 spiro atoms. The van der Waals surface area contributed by atoms with Crippen LogP contribution in [0, 0.1) is 0 Å². The molecule has 132 valence electrons. The molecule has 0 atom stereocenters. The largest absolute Gasteiger partial charge is 0.367 e. The summed E-state index contributed by atoms with van der Waals surface area (Å²) in [5.41, 5.74) is 1.000. The third-order valence-electron chi connectivity index (χ3n) is 3.55. The Kier molecular flexibility index (Phi) is 6.09. The quantitative estimate of drug-likeness (QED) is 0.541. The van der Waals surface area contributed by atoms with Crippen LogP contribution in [0.25, 0.3) is 0 Å². The van der Waals surface area contributed by atoms with E-state index in [4.69, 9.17) is 0 Å². The molecule has 0 unspecified atom stereocenters. The number of nitrogens with zero attached hydrogens (tertiary/aromatic N) is 3. The van der Waals surface area contributed by atoms with Gasteiger partial charge in [0.05, 0.1) is 6.42 Å². The Morgan fingerprint density at radius 3 is 2.31 bits per heavy atom. The Bertz CT molecular complexity index is 808. The minimum atomic E-state index is -0.000932. The molecule has 0 aliphatic carbocycles. The van der Waals surface area contributed by atoms with E-state index in [0.717, 1.165) is 5.56 Å². The fourth-order valence-electron chi connectivity index (χ4n) is 2.30. The lowest BCUT2D eigenvalue weighted by Crippen LogP contribution is -2.30. The fourth-order valence-corrected chi connectivity index (χ4v) is 2.30. The monoisotopic (exact) mass is 348 g/mol. The van der Waals surface area contributed by atoms with Crippen LogP contribution in [0.4, 0.5) is 17.5 Å². The fraction of sp³-hybridized carbons (Fsp3) is 0.158. The molecule has 0 aliphatic rings. The zero-order chi connectivity index (χ0) is 18.0. The van der Waals surface area contributed by atoms with Crippen LogP contribution >= 0.6 is 0 Å². The highest BCUT2D eigenvalue weighted by Gasteiger charge is 2.02. The number of benzene rings is 1. The van der Waals surface area contributed by atoms with Crippen molar-refractivity contribution in [1.82, 2.24) is 20.5 Å². The number of hydrogen-bond donors (Lipinski definition) is 3. The van der Waals surface area contributed by atoms with Gasteiger partial charge in [0, 0.05) is 19.3 Å². The van der Waals surface area contributed by atoms with Gasteiger partial charge in [0.15, 0.2) is 5.82 Å². The first kappa shape index (κ1) is 17.3. The van der Waals surface area contributed by atoms with Crippen LogP contribution in [0.3, 0.4) is 0 Å². The lowest BCUT2D eigenvalue weighted by Gasteiger charge is -2.08. The van der Waals surface area contributed by atoms with Gasteiger partial charge >= 0.3 is 0 Å². The minimum absolute atomic E-state index is 0.000932. The third kappa shape index (κ3) is 5.55. The molecule has 0 aliphatic heterocycles. The van der Waals surface area contributed by atoms with Crippen LogP contribution in [-0.4, -0.2) is 34.2 Å². The van der Waals surface area contributed by atoms with Crippen molar-refractivity contribution in [2.75, 3.05) is 23.7 Å². The minimum Gasteiger partial charge on any atom is -0.367 e. The third-order valence-corrected chi connectivity index (χ3v) is 3.55. The van der Waals surface area contributed by atoms with Gasteiger partial charge in [-0.2, -0.15) is 0 Å². The molecular formula is C19H20N6O. The van der Waals surface area contributed by atoms with E-state index >= 15 is 0 Å². The van der Waals surface area contributed by atoms with Gasteiger partial charge in [-0.25, -0.2) is 4.98 Å². The highest BCUT2D eigenvalue weighted by atomic mass is 16.1. The van der Waals surface area contributed by atoms with Crippen molar-refractivity contribution < 1.29 is 4.79 Å². The maximum absolute atomic E-state index is 11.9. The second kappa shape index (κ2) is 9.12. The highest BCUT2D eigenvalue weighted by Crippen LogP contribution is 2.11. The summed E-state index contributed by atoms with van der Waals surface area (Å²) in [5, 5.41) is 17.3. The summed E-state index contributed by atoms with van der Waals surface area (Å²) >= 11 is 0. The number of hydrogen-bond acceptors (Lipinski definition) is 6. The molecular weight excluding hydrogens is 328 g/mol. The molecule has 0 bridgehead atoms. The zero-order valence-corrected chi connectivity index (χ0v) is 14.2. The van der Waals surface area contributed by atoms with Crippen molar-refractivity contribution in [2.24, 2.45) is 0 Å². The summed E-state index contributed by atoms with van der Waals surface area (Å²) in [7, 11) is 0. The van der Waals surface area contributed by atoms with Crippen molar-refractivity contribution in [3.8, 4) is 0 Å². The van der Waals surface area contributed by atoms with E-state index in [0.29, 0.717) is 37.0 Å². The molecule has 2 aromatic heterocycles. The molecule has 2 heterocycles. The Hall–Kier alpha value is -3.48. The number of carbonyl (C=O) groups excluding carboxylic acids is 1. The van der Waals surface area contributed by atoms with Crippen LogP contribution in [-0.2, 0) is 11.2 Å². The van der Waals surface area contributed by atoms with Crippen LogP contribution in [0.15, 0.2) is 66.9 Å². The lowest BCUT2D eigenvalue weighted by molar-refractivity contribution is -0.120. The number of pyridine rings is 1. The standard InChI is InChI=1S/C19H20N6O/c26-19(14-15-6-2-1-3-7-15)22-13-12-21-17-9-10-18(25-24-17)23-16-8-4-5-11-20-16/h1-11H,12-14H2,(H,21,24)(H,22,26)(H,20,23,25). The molecule has 1 amide bonds. The lowest BCUT2D eigenvalue weighted by atomic mass is 10.1. The number of amides is 1. The van der Waals surface area contributed by atoms with Crippen LogP contribution < -0.4 is 16.0 Å². The van der Waals surface area contributed by atoms with Crippen molar-refractivity contribution in [2.45, 2.75) is 6.42 Å². The van der Waals surface area contributed by atoms with Crippen LogP contribution in [0.5, 0.6) is 0 Å². The Balaban J connectivity index is 1.37. The van der Waals surface area contributed by atoms with E-state index in [-0.39, 0.29) is 5.91 Å². The number of rotatable bonds is 8. The van der Waals surface area contributed by atoms with Crippen molar-refractivity contribution in [3.05, 3.63) is 72.4 Å². The first-order valence-corrected chi connectivity index (χ1v) is 8.36.